The molecule has 0 radical (unpaired) electrons. The number of carbonyl (C=O) groups excluding carboxylic acids is 1. The topological polar surface area (TPSA) is 65.2 Å². The summed E-state index contributed by atoms with van der Waals surface area (Å²) in [5, 5.41) is 4.85. The highest BCUT2D eigenvalue weighted by molar-refractivity contribution is 5.77. The number of methoxy groups -OCH3 is 1. The molecular formula is C25H31N5O2. The summed E-state index contributed by atoms with van der Waals surface area (Å²) in [7, 11) is 3.67. The Morgan fingerprint density at radius 3 is 2.91 bits per heavy atom. The lowest BCUT2D eigenvalue weighted by molar-refractivity contribution is -0.132. The smallest absolute Gasteiger partial charge is 0.223 e. The molecule has 0 bridgehead atoms. The van der Waals surface area contributed by atoms with Gasteiger partial charge in [-0.05, 0) is 49.8 Å². The molecule has 3 aromatic rings. The first-order valence-corrected chi connectivity index (χ1v) is 11.5. The first kappa shape index (κ1) is 20.8. The zero-order valence-electron chi connectivity index (χ0n) is 19.2. The van der Waals surface area contributed by atoms with Crippen LogP contribution in [0.1, 0.15) is 41.8 Å². The van der Waals surface area contributed by atoms with E-state index >= 15 is 0 Å². The summed E-state index contributed by atoms with van der Waals surface area (Å²) < 4.78 is 9.59. The number of rotatable bonds is 7. The number of ether oxygens (including phenoxy) is 1. The van der Waals surface area contributed by atoms with Crippen molar-refractivity contribution in [1.29, 1.82) is 0 Å². The molecule has 0 atom stereocenters. The lowest BCUT2D eigenvalue weighted by Crippen LogP contribution is -2.36. The number of aromatic nitrogens is 4. The molecule has 7 heteroatoms. The van der Waals surface area contributed by atoms with E-state index in [1.807, 2.05) is 47.1 Å². The number of nitrogens with zero attached hydrogens (tertiary/aromatic N) is 5. The Balaban J connectivity index is 1.34. The van der Waals surface area contributed by atoms with E-state index in [2.05, 4.69) is 11.5 Å². The molecule has 1 fully saturated rings. The van der Waals surface area contributed by atoms with Gasteiger partial charge in [-0.3, -0.25) is 9.48 Å². The molecular weight excluding hydrogens is 402 g/mol. The van der Waals surface area contributed by atoms with Crippen molar-refractivity contribution in [2.75, 3.05) is 13.7 Å². The van der Waals surface area contributed by atoms with Gasteiger partial charge in [0, 0.05) is 62.7 Å². The van der Waals surface area contributed by atoms with Gasteiger partial charge in [0.1, 0.15) is 11.4 Å². The summed E-state index contributed by atoms with van der Waals surface area (Å²) in [4.78, 5) is 19.8. The van der Waals surface area contributed by atoms with E-state index in [0.717, 1.165) is 53.8 Å². The van der Waals surface area contributed by atoms with Gasteiger partial charge in [-0.2, -0.15) is 5.10 Å². The molecule has 0 saturated heterocycles. The molecule has 32 heavy (non-hydrogen) atoms. The average Bonchev–Trinajstić information content (AvgIpc) is 3.49. The monoisotopic (exact) mass is 433 g/mol. The van der Waals surface area contributed by atoms with Crippen molar-refractivity contribution in [3.05, 3.63) is 53.0 Å². The van der Waals surface area contributed by atoms with Gasteiger partial charge in [0.15, 0.2) is 5.82 Å². The van der Waals surface area contributed by atoms with Crippen LogP contribution in [0.5, 0.6) is 5.75 Å². The number of hydrogen-bond acceptors (Lipinski definition) is 4. The predicted octanol–water partition coefficient (Wildman–Crippen LogP) is 3.53. The van der Waals surface area contributed by atoms with E-state index in [0.29, 0.717) is 19.4 Å². The minimum Gasteiger partial charge on any atom is -0.497 e. The van der Waals surface area contributed by atoms with Crippen LogP contribution in [0.2, 0.25) is 0 Å². The fourth-order valence-corrected chi connectivity index (χ4v) is 4.66. The number of benzene rings is 1. The van der Waals surface area contributed by atoms with Crippen LogP contribution in [0.4, 0.5) is 0 Å². The number of imidazole rings is 1. The van der Waals surface area contributed by atoms with Crippen LogP contribution >= 0.6 is 0 Å². The molecule has 7 nitrogen and oxygen atoms in total. The zero-order valence-corrected chi connectivity index (χ0v) is 19.2. The van der Waals surface area contributed by atoms with E-state index in [-0.39, 0.29) is 5.91 Å². The SMILES string of the molecule is COc1cccc(CCC(=O)N2CCc3c(c(-c4ncc(C)n4CC4CC4)nn3C)C2)c1. The second kappa shape index (κ2) is 8.45. The maximum Gasteiger partial charge on any atom is 0.223 e. The maximum absolute atomic E-state index is 13.1. The Morgan fingerprint density at radius 1 is 1.28 bits per heavy atom. The lowest BCUT2D eigenvalue weighted by atomic mass is 10.0. The maximum atomic E-state index is 13.1. The quantitative estimate of drug-likeness (QED) is 0.572. The number of fused-ring (bicyclic) bond motifs is 1. The fraction of sp³-hybridized carbons (Fsp3) is 0.480. The summed E-state index contributed by atoms with van der Waals surface area (Å²) in [6, 6.07) is 7.95. The minimum absolute atomic E-state index is 0.186. The van der Waals surface area contributed by atoms with Gasteiger partial charge in [0.25, 0.3) is 0 Å². The van der Waals surface area contributed by atoms with E-state index in [1.54, 1.807) is 7.11 Å². The highest BCUT2D eigenvalue weighted by Crippen LogP contribution is 2.35. The van der Waals surface area contributed by atoms with Crippen LogP contribution in [-0.2, 0) is 37.8 Å². The number of hydrogen-bond donors (Lipinski definition) is 0. The third kappa shape index (κ3) is 4.04. The molecule has 1 aromatic carbocycles. The molecule has 3 heterocycles. The van der Waals surface area contributed by atoms with Crippen LogP contribution in [0.3, 0.4) is 0 Å². The zero-order chi connectivity index (χ0) is 22.2. The Hall–Kier alpha value is -3.09. The number of aryl methyl sites for hydroxylation is 3. The molecule has 168 valence electrons. The summed E-state index contributed by atoms with van der Waals surface area (Å²) in [6.45, 7) is 4.46. The number of carbonyl (C=O) groups is 1. The molecule has 2 aromatic heterocycles. The highest BCUT2D eigenvalue weighted by Gasteiger charge is 2.30. The number of amides is 1. The summed E-state index contributed by atoms with van der Waals surface area (Å²) in [5.41, 5.74) is 5.59. The van der Waals surface area contributed by atoms with Crippen molar-refractivity contribution >= 4 is 5.91 Å². The fourth-order valence-electron chi connectivity index (χ4n) is 4.66. The van der Waals surface area contributed by atoms with Crippen LogP contribution in [0.25, 0.3) is 11.5 Å². The van der Waals surface area contributed by atoms with Crippen molar-refractivity contribution in [2.24, 2.45) is 13.0 Å². The Bertz CT molecular complexity index is 1140. The van der Waals surface area contributed by atoms with Crippen molar-refractivity contribution in [2.45, 2.75) is 52.1 Å². The van der Waals surface area contributed by atoms with E-state index in [9.17, 15) is 4.79 Å². The molecule has 1 amide bonds. The van der Waals surface area contributed by atoms with Gasteiger partial charge in [0.2, 0.25) is 5.91 Å². The third-order valence-corrected chi connectivity index (χ3v) is 6.76. The van der Waals surface area contributed by atoms with Crippen LogP contribution in [0, 0.1) is 12.8 Å². The molecule has 1 aliphatic heterocycles. The Labute approximate surface area is 189 Å². The summed E-state index contributed by atoms with van der Waals surface area (Å²) in [6.07, 6.45) is 6.57. The second-order valence-corrected chi connectivity index (χ2v) is 9.09. The van der Waals surface area contributed by atoms with Crippen LogP contribution in [-0.4, -0.2) is 43.8 Å². The van der Waals surface area contributed by atoms with Crippen molar-refractivity contribution < 1.29 is 9.53 Å². The van der Waals surface area contributed by atoms with E-state index < -0.39 is 0 Å². The van der Waals surface area contributed by atoms with Gasteiger partial charge in [0.05, 0.1) is 7.11 Å². The molecule has 0 spiro atoms. The second-order valence-electron chi connectivity index (χ2n) is 9.09. The highest BCUT2D eigenvalue weighted by atomic mass is 16.5. The molecule has 0 unspecified atom stereocenters. The normalized spacial score (nSPS) is 15.7. The first-order valence-electron chi connectivity index (χ1n) is 11.5. The van der Waals surface area contributed by atoms with Gasteiger partial charge in [-0.15, -0.1) is 0 Å². The predicted molar refractivity (Wildman–Crippen MR) is 122 cm³/mol. The molecule has 1 saturated carbocycles. The molecule has 2 aliphatic rings. The van der Waals surface area contributed by atoms with Crippen molar-refractivity contribution in [3.63, 3.8) is 0 Å². The van der Waals surface area contributed by atoms with Crippen LogP contribution in [0.15, 0.2) is 30.5 Å². The summed E-state index contributed by atoms with van der Waals surface area (Å²) in [5.74, 6) is 2.72. The Kier molecular flexibility index (Phi) is 5.49. The van der Waals surface area contributed by atoms with Gasteiger partial charge < -0.3 is 14.2 Å². The van der Waals surface area contributed by atoms with E-state index in [1.165, 1.54) is 24.2 Å². The largest absolute Gasteiger partial charge is 0.497 e. The third-order valence-electron chi connectivity index (χ3n) is 6.76. The Morgan fingerprint density at radius 2 is 2.12 bits per heavy atom. The first-order chi connectivity index (χ1) is 15.5. The molecule has 5 rings (SSSR count). The van der Waals surface area contributed by atoms with Crippen LogP contribution < -0.4 is 4.74 Å². The molecule has 0 N–H and O–H groups in total. The minimum atomic E-state index is 0.186. The summed E-state index contributed by atoms with van der Waals surface area (Å²) >= 11 is 0. The van der Waals surface area contributed by atoms with E-state index in [4.69, 9.17) is 14.8 Å². The standard InChI is InChI=1S/C25H31N5O2/c1-17-14-26-25(30(17)15-19-7-8-19)24-21-16-29(12-11-22(21)28(2)27-24)23(31)10-9-18-5-4-6-20(13-18)32-3/h4-6,13-14,19H,7-12,15-16H2,1-3H3. The van der Waals surface area contributed by atoms with Gasteiger partial charge in [-0.1, -0.05) is 12.1 Å². The van der Waals surface area contributed by atoms with Crippen molar-refractivity contribution in [3.8, 4) is 17.3 Å². The lowest BCUT2D eigenvalue weighted by Gasteiger charge is -2.28. The van der Waals surface area contributed by atoms with Crippen molar-refractivity contribution in [1.82, 2.24) is 24.2 Å². The molecule has 1 aliphatic carbocycles. The van der Waals surface area contributed by atoms with Gasteiger partial charge >= 0.3 is 0 Å². The average molecular weight is 434 g/mol. The van der Waals surface area contributed by atoms with Gasteiger partial charge in [-0.25, -0.2) is 4.98 Å².